The van der Waals surface area contributed by atoms with Gasteiger partial charge in [-0.05, 0) is 37.0 Å². The van der Waals surface area contributed by atoms with Gasteiger partial charge in [0.1, 0.15) is 0 Å². The Bertz CT molecular complexity index is 430. The van der Waals surface area contributed by atoms with Gasteiger partial charge in [-0.15, -0.1) is 0 Å². The average Bonchev–Trinajstić information content (AvgIpc) is 2.92. The van der Waals surface area contributed by atoms with Gasteiger partial charge in [0.05, 0.1) is 0 Å². The number of rotatable bonds is 7. The first-order chi connectivity index (χ1) is 9.74. The van der Waals surface area contributed by atoms with E-state index in [1.54, 1.807) is 0 Å². The Kier molecular flexibility index (Phi) is 6.34. The smallest absolute Gasteiger partial charge is 0.221 e. The monoisotopic (exact) mass is 294 g/mol. The molecular weight excluding hydrogens is 272 g/mol. The summed E-state index contributed by atoms with van der Waals surface area (Å²) in [7, 11) is 0. The van der Waals surface area contributed by atoms with Crippen LogP contribution in [0.1, 0.15) is 37.7 Å². The van der Waals surface area contributed by atoms with Gasteiger partial charge in [0, 0.05) is 30.6 Å². The SMILES string of the molecule is O=C(CCNC1CCCC1)NCCc1cccc(Cl)c1. The minimum Gasteiger partial charge on any atom is -0.356 e. The van der Waals surface area contributed by atoms with Crippen molar-refractivity contribution in [3.8, 4) is 0 Å². The highest BCUT2D eigenvalue weighted by Gasteiger charge is 2.13. The van der Waals surface area contributed by atoms with Gasteiger partial charge in [-0.2, -0.15) is 0 Å². The fourth-order valence-corrected chi connectivity index (χ4v) is 2.86. The number of nitrogens with one attached hydrogen (secondary N) is 2. The van der Waals surface area contributed by atoms with E-state index in [1.807, 2.05) is 24.3 Å². The summed E-state index contributed by atoms with van der Waals surface area (Å²) in [6.45, 7) is 1.45. The predicted octanol–water partition coefficient (Wildman–Crippen LogP) is 2.92. The zero-order valence-electron chi connectivity index (χ0n) is 11.8. The minimum absolute atomic E-state index is 0.123. The van der Waals surface area contributed by atoms with Gasteiger partial charge in [0.15, 0.2) is 0 Å². The maximum Gasteiger partial charge on any atom is 0.221 e. The molecule has 0 aromatic heterocycles. The van der Waals surface area contributed by atoms with Crippen LogP contribution in [0.4, 0.5) is 0 Å². The lowest BCUT2D eigenvalue weighted by atomic mass is 10.1. The molecule has 2 N–H and O–H groups in total. The number of carbonyl (C=O) groups excluding carboxylic acids is 1. The van der Waals surface area contributed by atoms with Crippen molar-refractivity contribution in [1.29, 1.82) is 0 Å². The Morgan fingerprint density at radius 2 is 2.05 bits per heavy atom. The minimum atomic E-state index is 0.123. The average molecular weight is 295 g/mol. The molecular formula is C16H23ClN2O. The van der Waals surface area contributed by atoms with Gasteiger partial charge in [0.2, 0.25) is 5.91 Å². The van der Waals surface area contributed by atoms with Crippen molar-refractivity contribution < 1.29 is 4.79 Å². The van der Waals surface area contributed by atoms with E-state index in [2.05, 4.69) is 10.6 Å². The van der Waals surface area contributed by atoms with Crippen molar-refractivity contribution in [2.75, 3.05) is 13.1 Å². The van der Waals surface area contributed by atoms with Gasteiger partial charge in [0.25, 0.3) is 0 Å². The molecule has 1 aliphatic rings. The Morgan fingerprint density at radius 1 is 1.25 bits per heavy atom. The molecule has 1 aromatic rings. The van der Waals surface area contributed by atoms with Gasteiger partial charge in [-0.3, -0.25) is 4.79 Å². The molecule has 1 fully saturated rings. The third kappa shape index (κ3) is 5.51. The van der Waals surface area contributed by atoms with E-state index in [1.165, 1.54) is 25.7 Å². The van der Waals surface area contributed by atoms with Crippen LogP contribution in [-0.2, 0) is 11.2 Å². The van der Waals surface area contributed by atoms with Crippen LogP contribution in [0, 0.1) is 0 Å². The van der Waals surface area contributed by atoms with E-state index in [4.69, 9.17) is 11.6 Å². The second kappa shape index (κ2) is 8.28. The number of halogens is 1. The van der Waals surface area contributed by atoms with Crippen LogP contribution in [0.5, 0.6) is 0 Å². The maximum absolute atomic E-state index is 11.7. The third-order valence-corrected chi connectivity index (χ3v) is 4.00. The van der Waals surface area contributed by atoms with Crippen LogP contribution in [0.25, 0.3) is 0 Å². The standard InChI is InChI=1S/C16H23ClN2O/c17-14-5-3-4-13(12-14)8-10-19-16(20)9-11-18-15-6-1-2-7-15/h3-5,12,15,18H,1-2,6-11H2,(H,19,20). The van der Waals surface area contributed by atoms with Crippen molar-refractivity contribution >= 4 is 17.5 Å². The largest absolute Gasteiger partial charge is 0.356 e. The molecule has 0 unspecified atom stereocenters. The Labute approximate surface area is 126 Å². The molecule has 0 aliphatic heterocycles. The lowest BCUT2D eigenvalue weighted by Gasteiger charge is -2.11. The van der Waals surface area contributed by atoms with E-state index in [0.717, 1.165) is 23.6 Å². The lowest BCUT2D eigenvalue weighted by molar-refractivity contribution is -0.120. The molecule has 4 heteroatoms. The first kappa shape index (κ1) is 15.3. The molecule has 0 radical (unpaired) electrons. The molecule has 0 spiro atoms. The molecule has 20 heavy (non-hydrogen) atoms. The predicted molar refractivity (Wildman–Crippen MR) is 83.0 cm³/mol. The molecule has 1 aliphatic carbocycles. The molecule has 0 atom stereocenters. The Morgan fingerprint density at radius 3 is 2.80 bits per heavy atom. The van der Waals surface area contributed by atoms with Crippen LogP contribution in [-0.4, -0.2) is 25.0 Å². The molecule has 0 bridgehead atoms. The number of benzene rings is 1. The van der Waals surface area contributed by atoms with Gasteiger partial charge >= 0.3 is 0 Å². The molecule has 1 amide bonds. The van der Waals surface area contributed by atoms with Crippen molar-refractivity contribution in [3.05, 3.63) is 34.9 Å². The van der Waals surface area contributed by atoms with Crippen LogP contribution in [0.15, 0.2) is 24.3 Å². The summed E-state index contributed by atoms with van der Waals surface area (Å²) in [6, 6.07) is 8.40. The zero-order chi connectivity index (χ0) is 14.2. The van der Waals surface area contributed by atoms with Crippen molar-refractivity contribution in [1.82, 2.24) is 10.6 Å². The van der Waals surface area contributed by atoms with Gasteiger partial charge < -0.3 is 10.6 Å². The second-order valence-electron chi connectivity index (χ2n) is 5.42. The van der Waals surface area contributed by atoms with E-state index in [-0.39, 0.29) is 5.91 Å². The van der Waals surface area contributed by atoms with E-state index >= 15 is 0 Å². The Hall–Kier alpha value is -1.06. The van der Waals surface area contributed by atoms with Crippen molar-refractivity contribution in [2.45, 2.75) is 44.6 Å². The van der Waals surface area contributed by atoms with Crippen molar-refractivity contribution in [3.63, 3.8) is 0 Å². The molecule has 1 saturated carbocycles. The highest BCUT2D eigenvalue weighted by Crippen LogP contribution is 2.17. The molecule has 1 aromatic carbocycles. The summed E-state index contributed by atoms with van der Waals surface area (Å²) >= 11 is 5.92. The fraction of sp³-hybridized carbons (Fsp3) is 0.562. The number of amides is 1. The van der Waals surface area contributed by atoms with Crippen LogP contribution in [0.3, 0.4) is 0 Å². The van der Waals surface area contributed by atoms with Gasteiger partial charge in [-0.1, -0.05) is 36.6 Å². The summed E-state index contributed by atoms with van der Waals surface area (Å²) < 4.78 is 0. The van der Waals surface area contributed by atoms with E-state index in [9.17, 15) is 4.79 Å². The highest BCUT2D eigenvalue weighted by molar-refractivity contribution is 6.30. The quantitative estimate of drug-likeness (QED) is 0.812. The van der Waals surface area contributed by atoms with Gasteiger partial charge in [-0.25, -0.2) is 0 Å². The number of hydrogen-bond acceptors (Lipinski definition) is 2. The van der Waals surface area contributed by atoms with E-state index < -0.39 is 0 Å². The normalized spacial score (nSPS) is 15.4. The van der Waals surface area contributed by atoms with Crippen LogP contribution < -0.4 is 10.6 Å². The fourth-order valence-electron chi connectivity index (χ4n) is 2.65. The Balaban J connectivity index is 1.55. The second-order valence-corrected chi connectivity index (χ2v) is 5.85. The molecule has 0 heterocycles. The summed E-state index contributed by atoms with van der Waals surface area (Å²) in [5, 5.41) is 7.15. The molecule has 2 rings (SSSR count). The number of hydrogen-bond donors (Lipinski definition) is 2. The molecule has 110 valence electrons. The van der Waals surface area contributed by atoms with Crippen LogP contribution >= 0.6 is 11.6 Å². The van der Waals surface area contributed by atoms with Crippen LogP contribution in [0.2, 0.25) is 5.02 Å². The molecule has 3 nitrogen and oxygen atoms in total. The maximum atomic E-state index is 11.7. The highest BCUT2D eigenvalue weighted by atomic mass is 35.5. The third-order valence-electron chi connectivity index (χ3n) is 3.77. The zero-order valence-corrected chi connectivity index (χ0v) is 12.6. The van der Waals surface area contributed by atoms with Crippen molar-refractivity contribution in [2.24, 2.45) is 0 Å². The summed E-state index contributed by atoms with van der Waals surface area (Å²) in [4.78, 5) is 11.7. The van der Waals surface area contributed by atoms with E-state index in [0.29, 0.717) is 19.0 Å². The lowest BCUT2D eigenvalue weighted by Crippen LogP contribution is -2.32. The summed E-state index contributed by atoms with van der Waals surface area (Å²) in [5.41, 5.74) is 1.15. The molecule has 0 saturated heterocycles. The summed E-state index contributed by atoms with van der Waals surface area (Å²) in [6.07, 6.45) is 6.55. The topological polar surface area (TPSA) is 41.1 Å². The summed E-state index contributed by atoms with van der Waals surface area (Å²) in [5.74, 6) is 0.123. The number of carbonyl (C=O) groups is 1. The first-order valence-electron chi connectivity index (χ1n) is 7.48. The first-order valence-corrected chi connectivity index (χ1v) is 7.86.